The fourth-order valence-corrected chi connectivity index (χ4v) is 9.48. The molecule has 2 N–H and O–H groups in total. The molecular weight excluding hydrogens is 864 g/mol. The van der Waals surface area contributed by atoms with Crippen LogP contribution in [0.2, 0.25) is 0 Å². The van der Waals surface area contributed by atoms with Gasteiger partial charge in [0.05, 0.1) is 39.9 Å². The van der Waals surface area contributed by atoms with E-state index in [1.807, 2.05) is 21.1 Å². The molecular formula is C59H115N2O6P. The number of likely N-dealkylation sites (N-methyl/N-ethyl adjacent to an activating group) is 1. The monoisotopic (exact) mass is 979 g/mol. The van der Waals surface area contributed by atoms with Crippen molar-refractivity contribution in [1.82, 2.24) is 5.32 Å². The number of nitrogens with zero attached hydrogens (tertiary/aromatic N) is 1. The van der Waals surface area contributed by atoms with Gasteiger partial charge in [-0.2, -0.15) is 0 Å². The number of allylic oxidation sites excluding steroid dienone is 6. The number of nitrogens with one attached hydrogen (secondary N) is 1. The standard InChI is InChI=1S/C59H115N2O6P/c1-6-8-10-12-14-16-18-20-22-23-24-25-26-27-28-29-30-31-32-33-34-35-36-37-39-41-43-45-47-49-51-53-59(63)60-57(56-67-68(64,65)66-55-54-61(3,4)5)58(62)52-50-48-46-44-42-40-38-21-19-17-15-13-11-9-7-2/h18,20,23-24,26-27,57-58,62H,6-17,19,21-22,25,28-56H2,1-5H3,(H-,60,63,64,65)/b20-18-,24-23-,27-26-. The molecule has 1 amide bonds. The molecule has 3 unspecified atom stereocenters. The largest absolute Gasteiger partial charge is 0.756 e. The molecule has 0 aromatic heterocycles. The van der Waals surface area contributed by atoms with Gasteiger partial charge in [0.1, 0.15) is 13.2 Å². The molecule has 0 aliphatic rings. The van der Waals surface area contributed by atoms with Crippen LogP contribution in [-0.2, 0) is 18.4 Å². The number of hydrogen-bond donors (Lipinski definition) is 2. The third kappa shape index (κ3) is 52.5. The van der Waals surface area contributed by atoms with Gasteiger partial charge in [-0.15, -0.1) is 0 Å². The van der Waals surface area contributed by atoms with Crippen molar-refractivity contribution in [2.24, 2.45) is 0 Å². The molecule has 0 bridgehead atoms. The molecule has 9 heteroatoms. The summed E-state index contributed by atoms with van der Waals surface area (Å²) in [6, 6.07) is -0.799. The maximum absolute atomic E-state index is 13.0. The molecule has 0 heterocycles. The van der Waals surface area contributed by atoms with Gasteiger partial charge < -0.3 is 28.8 Å². The summed E-state index contributed by atoms with van der Waals surface area (Å²) in [6.45, 7) is 4.74. The van der Waals surface area contributed by atoms with Crippen LogP contribution < -0.4 is 10.2 Å². The molecule has 68 heavy (non-hydrogen) atoms. The maximum atomic E-state index is 13.0. The molecule has 0 rings (SSSR count). The van der Waals surface area contributed by atoms with Gasteiger partial charge in [-0.1, -0.05) is 262 Å². The number of phosphoric acid groups is 1. The summed E-state index contributed by atoms with van der Waals surface area (Å²) in [5, 5.41) is 14.0. The number of amides is 1. The number of phosphoric ester groups is 1. The van der Waals surface area contributed by atoms with Crippen LogP contribution in [0.3, 0.4) is 0 Å². The zero-order chi connectivity index (χ0) is 49.9. The molecule has 0 radical (unpaired) electrons. The molecule has 0 saturated heterocycles. The lowest BCUT2D eigenvalue weighted by Crippen LogP contribution is -2.46. The third-order valence-corrected chi connectivity index (χ3v) is 14.3. The molecule has 0 spiro atoms. The molecule has 402 valence electrons. The summed E-state index contributed by atoms with van der Waals surface area (Å²) in [6.07, 6.45) is 64.6. The normalized spacial score (nSPS) is 14.2. The van der Waals surface area contributed by atoms with E-state index in [1.54, 1.807) is 0 Å². The number of rotatable bonds is 54. The first-order valence-electron chi connectivity index (χ1n) is 29.3. The predicted molar refractivity (Wildman–Crippen MR) is 293 cm³/mol. The van der Waals surface area contributed by atoms with E-state index in [-0.39, 0.29) is 19.1 Å². The first-order chi connectivity index (χ1) is 33.0. The average Bonchev–Trinajstić information content (AvgIpc) is 3.30. The molecule has 0 fully saturated rings. The zero-order valence-corrected chi connectivity index (χ0v) is 46.7. The second kappa shape index (κ2) is 50.7. The van der Waals surface area contributed by atoms with Gasteiger partial charge >= 0.3 is 0 Å². The minimum Gasteiger partial charge on any atom is -0.756 e. The first-order valence-corrected chi connectivity index (χ1v) is 30.8. The van der Waals surface area contributed by atoms with Crippen LogP contribution in [0.4, 0.5) is 0 Å². The van der Waals surface area contributed by atoms with Gasteiger partial charge in [0.15, 0.2) is 0 Å². The van der Waals surface area contributed by atoms with Crippen LogP contribution in [0.5, 0.6) is 0 Å². The van der Waals surface area contributed by atoms with Crippen LogP contribution in [0, 0.1) is 0 Å². The average molecular weight is 980 g/mol. The highest BCUT2D eigenvalue weighted by molar-refractivity contribution is 7.45. The number of hydrogen-bond acceptors (Lipinski definition) is 6. The highest BCUT2D eigenvalue weighted by Gasteiger charge is 2.24. The van der Waals surface area contributed by atoms with Crippen molar-refractivity contribution in [3.63, 3.8) is 0 Å². The van der Waals surface area contributed by atoms with E-state index in [2.05, 4.69) is 55.6 Å². The fraction of sp³-hybridized carbons (Fsp3) is 0.881. The SMILES string of the molecule is CCCCCCC/C=C\C/C=C\C/C=C\CCCCCCCCCCCCCCCCCCC(=O)NC(COP(=O)([O-])OCC[N+](C)(C)C)C(O)CCCCCCCCCCCCCCCCC. The Balaban J connectivity index is 4.05. The van der Waals surface area contributed by atoms with Gasteiger partial charge in [-0.3, -0.25) is 9.36 Å². The molecule has 0 saturated carbocycles. The van der Waals surface area contributed by atoms with E-state index < -0.39 is 20.0 Å². The Morgan fingerprint density at radius 2 is 0.853 bits per heavy atom. The smallest absolute Gasteiger partial charge is 0.268 e. The van der Waals surface area contributed by atoms with Gasteiger partial charge in [0.2, 0.25) is 5.91 Å². The summed E-state index contributed by atoms with van der Waals surface area (Å²) in [5.74, 6) is -0.162. The van der Waals surface area contributed by atoms with Gasteiger partial charge in [-0.05, 0) is 51.4 Å². The van der Waals surface area contributed by atoms with E-state index in [0.29, 0.717) is 23.9 Å². The van der Waals surface area contributed by atoms with Crippen LogP contribution in [0.25, 0.3) is 0 Å². The van der Waals surface area contributed by atoms with Crippen LogP contribution in [-0.4, -0.2) is 68.5 Å². The maximum Gasteiger partial charge on any atom is 0.268 e. The van der Waals surface area contributed by atoms with Crippen molar-refractivity contribution < 1.29 is 32.9 Å². The quantitative estimate of drug-likeness (QED) is 0.0272. The summed E-state index contributed by atoms with van der Waals surface area (Å²) in [7, 11) is 1.31. The van der Waals surface area contributed by atoms with E-state index in [9.17, 15) is 19.4 Å². The topological polar surface area (TPSA) is 108 Å². The van der Waals surface area contributed by atoms with E-state index >= 15 is 0 Å². The predicted octanol–water partition coefficient (Wildman–Crippen LogP) is 17.1. The second-order valence-corrected chi connectivity index (χ2v) is 22.8. The highest BCUT2D eigenvalue weighted by Crippen LogP contribution is 2.38. The number of carbonyl (C=O) groups excluding carboxylic acids is 1. The Hall–Kier alpha value is -1.28. The van der Waals surface area contributed by atoms with E-state index in [4.69, 9.17) is 9.05 Å². The molecule has 0 aliphatic heterocycles. The van der Waals surface area contributed by atoms with Crippen molar-refractivity contribution >= 4 is 13.7 Å². The Morgan fingerprint density at radius 1 is 0.515 bits per heavy atom. The summed E-state index contributed by atoms with van der Waals surface area (Å²) < 4.78 is 23.4. The van der Waals surface area contributed by atoms with Crippen LogP contribution >= 0.6 is 7.82 Å². The second-order valence-electron chi connectivity index (χ2n) is 21.4. The third-order valence-electron chi connectivity index (χ3n) is 13.4. The van der Waals surface area contributed by atoms with E-state index in [1.165, 1.54) is 205 Å². The van der Waals surface area contributed by atoms with Crippen molar-refractivity contribution in [2.75, 3.05) is 40.9 Å². The van der Waals surface area contributed by atoms with Crippen molar-refractivity contribution in [3.8, 4) is 0 Å². The van der Waals surface area contributed by atoms with Crippen LogP contribution in [0.15, 0.2) is 36.5 Å². The Morgan fingerprint density at radius 3 is 1.24 bits per heavy atom. The lowest BCUT2D eigenvalue weighted by atomic mass is 10.0. The van der Waals surface area contributed by atoms with Gasteiger partial charge in [0, 0.05) is 6.42 Å². The molecule has 8 nitrogen and oxygen atoms in total. The Kier molecular flexibility index (Phi) is 49.7. The number of carbonyl (C=O) groups is 1. The molecule has 0 aromatic carbocycles. The summed E-state index contributed by atoms with van der Waals surface area (Å²) in [4.78, 5) is 25.5. The number of quaternary nitrogens is 1. The minimum absolute atomic E-state index is 0.0133. The Labute approximate surface area is 423 Å². The van der Waals surface area contributed by atoms with Crippen LogP contribution in [0.1, 0.15) is 284 Å². The van der Waals surface area contributed by atoms with Gasteiger partial charge in [-0.25, -0.2) is 0 Å². The number of unbranched alkanes of at least 4 members (excludes halogenated alkanes) is 35. The Bertz CT molecular complexity index is 1200. The van der Waals surface area contributed by atoms with Crippen molar-refractivity contribution in [1.29, 1.82) is 0 Å². The van der Waals surface area contributed by atoms with Crippen molar-refractivity contribution in [3.05, 3.63) is 36.5 Å². The fourth-order valence-electron chi connectivity index (χ4n) is 8.76. The highest BCUT2D eigenvalue weighted by atomic mass is 31.2. The molecule has 0 aliphatic carbocycles. The number of aliphatic hydroxyl groups is 1. The lowest BCUT2D eigenvalue weighted by Gasteiger charge is -2.30. The van der Waals surface area contributed by atoms with Gasteiger partial charge in [0.25, 0.3) is 7.82 Å². The first kappa shape index (κ1) is 66.7. The zero-order valence-electron chi connectivity index (χ0n) is 45.8. The lowest BCUT2D eigenvalue weighted by molar-refractivity contribution is -0.870. The summed E-state index contributed by atoms with van der Waals surface area (Å²) in [5.41, 5.74) is 0. The minimum atomic E-state index is -4.57. The van der Waals surface area contributed by atoms with Crippen molar-refractivity contribution in [2.45, 2.75) is 296 Å². The van der Waals surface area contributed by atoms with E-state index in [0.717, 1.165) is 51.4 Å². The molecule has 3 atom stereocenters. The molecule has 0 aromatic rings. The number of aliphatic hydroxyl groups excluding tert-OH is 1. The summed E-state index contributed by atoms with van der Waals surface area (Å²) >= 11 is 0.